The number of carboxylic acid groups (broad SMARTS) is 4. The van der Waals surface area contributed by atoms with Crippen LogP contribution in [-0.2, 0) is 40.2 Å². The molecule has 0 saturated carbocycles. The van der Waals surface area contributed by atoms with Gasteiger partial charge < -0.3 is 51.1 Å². The van der Waals surface area contributed by atoms with Crippen LogP contribution in [0, 0.1) is 5.41 Å². The molecule has 170 valence electrons. The average molecular weight is 590 g/mol. The fourth-order valence-corrected chi connectivity index (χ4v) is 0.0833. The Labute approximate surface area is 181 Å². The third-order valence-corrected chi connectivity index (χ3v) is 2.26. The zero-order valence-corrected chi connectivity index (χ0v) is 19.8. The van der Waals surface area contributed by atoms with E-state index < -0.39 is 23.9 Å². The minimum Gasteiger partial charge on any atom is -0.550 e. The van der Waals surface area contributed by atoms with Crippen molar-refractivity contribution < 1.29 is 60.7 Å². The van der Waals surface area contributed by atoms with Crippen molar-refractivity contribution in [3.05, 3.63) is 0 Å². The average Bonchev–Trinajstić information content (AvgIpc) is 2.63. The van der Waals surface area contributed by atoms with Crippen molar-refractivity contribution in [2.45, 2.75) is 67.2 Å². The van der Waals surface area contributed by atoms with E-state index in [0.717, 1.165) is 0 Å². The molecular formula is C17H34N2O8Pt. The van der Waals surface area contributed by atoms with Gasteiger partial charge in [0, 0.05) is 23.9 Å². The molecule has 0 aliphatic carbocycles. The first-order valence-corrected chi connectivity index (χ1v) is 8.40. The van der Waals surface area contributed by atoms with Crippen molar-refractivity contribution in [3.8, 4) is 0 Å². The molecular weight excluding hydrogens is 555 g/mol. The number of carbonyl (C=O) groups is 4. The molecule has 0 radical (unpaired) electrons. The summed E-state index contributed by atoms with van der Waals surface area (Å²) in [6.07, 6.45) is 0.444. The third kappa shape index (κ3) is 86.6. The Morgan fingerprint density at radius 3 is 0.714 bits per heavy atom. The molecule has 10 nitrogen and oxygen atoms in total. The number of hydrogen-bond donors (Lipinski definition) is 2. The second-order valence-electron chi connectivity index (χ2n) is 5.47. The molecule has 0 rings (SSSR count). The summed E-state index contributed by atoms with van der Waals surface area (Å²) in [6, 6.07) is 0. The fraction of sp³-hybridized carbons (Fsp3) is 0.765. The summed E-state index contributed by atoms with van der Waals surface area (Å²) >= 11 is 0. The summed E-state index contributed by atoms with van der Waals surface area (Å²) in [5.41, 5.74) is 10.8. The van der Waals surface area contributed by atoms with Gasteiger partial charge in [0.15, 0.2) is 0 Å². The standard InChI is InChI=1S/C5H14N2.4C3H6O2.Pt/c1-5(2,3-6)4-7;4*1-2-3(4)5;/h3-4,6-7H2,1-2H3;4*2H2,1H3,(H,4,5);/q;;;;;+4/p-4. The van der Waals surface area contributed by atoms with Gasteiger partial charge >= 0.3 is 21.1 Å². The molecule has 0 aliphatic rings. The van der Waals surface area contributed by atoms with E-state index in [9.17, 15) is 39.6 Å². The number of carboxylic acids is 4. The Kier molecular flexibility index (Phi) is 44.2. The molecule has 0 aliphatic heterocycles. The normalized spacial score (nSPS) is 8.29. The number of nitrogens with two attached hydrogens (primary N) is 2. The first kappa shape index (κ1) is 41.0. The number of rotatable bonds is 6. The van der Waals surface area contributed by atoms with Crippen molar-refractivity contribution in [2.75, 3.05) is 13.1 Å². The van der Waals surface area contributed by atoms with Gasteiger partial charge in [0.05, 0.1) is 0 Å². The Morgan fingerprint density at radius 1 is 0.607 bits per heavy atom. The van der Waals surface area contributed by atoms with E-state index in [0.29, 0.717) is 13.1 Å². The maximum Gasteiger partial charge on any atom is 4.00 e. The van der Waals surface area contributed by atoms with E-state index in [1.807, 2.05) is 13.8 Å². The second-order valence-corrected chi connectivity index (χ2v) is 5.47. The molecule has 0 unspecified atom stereocenters. The van der Waals surface area contributed by atoms with Crippen molar-refractivity contribution in [1.82, 2.24) is 0 Å². The smallest absolute Gasteiger partial charge is 0.550 e. The molecule has 28 heavy (non-hydrogen) atoms. The monoisotopic (exact) mass is 589 g/mol. The summed E-state index contributed by atoms with van der Waals surface area (Å²) in [4.78, 5) is 37.0. The van der Waals surface area contributed by atoms with Gasteiger partial charge in [-0.2, -0.15) is 0 Å². The molecule has 0 bridgehead atoms. The van der Waals surface area contributed by atoms with E-state index in [4.69, 9.17) is 11.5 Å². The second kappa shape index (κ2) is 30.2. The number of hydrogen-bond acceptors (Lipinski definition) is 10. The SMILES string of the molecule is CC(C)(CN)CN.CCC(=O)[O-].CCC(=O)[O-].CCC(=O)[O-].CCC(=O)[O-].[Pt+4]. The van der Waals surface area contributed by atoms with Gasteiger partial charge in [0.1, 0.15) is 0 Å². The van der Waals surface area contributed by atoms with Gasteiger partial charge in [-0.1, -0.05) is 41.5 Å². The molecule has 11 heteroatoms. The van der Waals surface area contributed by atoms with E-state index >= 15 is 0 Å². The third-order valence-electron chi connectivity index (χ3n) is 2.26. The fourth-order valence-electron chi connectivity index (χ4n) is 0.0833. The van der Waals surface area contributed by atoms with Crippen LogP contribution in [0.25, 0.3) is 0 Å². The first-order valence-electron chi connectivity index (χ1n) is 8.40. The van der Waals surface area contributed by atoms with Crippen LogP contribution in [0.15, 0.2) is 0 Å². The molecule has 0 heterocycles. The van der Waals surface area contributed by atoms with E-state index in [-0.39, 0.29) is 52.2 Å². The molecule has 0 amide bonds. The van der Waals surface area contributed by atoms with Crippen LogP contribution in [0.5, 0.6) is 0 Å². The Bertz CT molecular complexity index is 329. The summed E-state index contributed by atoms with van der Waals surface area (Å²) in [6.45, 7) is 11.6. The van der Waals surface area contributed by atoms with E-state index in [2.05, 4.69) is 0 Å². The topological polar surface area (TPSA) is 213 Å². The predicted molar refractivity (Wildman–Crippen MR) is 93.1 cm³/mol. The molecule has 0 atom stereocenters. The molecule has 0 aromatic rings. The van der Waals surface area contributed by atoms with E-state index in [1.165, 1.54) is 27.7 Å². The molecule has 0 fully saturated rings. The van der Waals surface area contributed by atoms with Crippen LogP contribution < -0.4 is 31.9 Å². The molecule has 0 spiro atoms. The summed E-state index contributed by atoms with van der Waals surface area (Å²) < 4.78 is 0. The number of carbonyl (C=O) groups excluding carboxylic acids is 4. The maximum absolute atomic E-state index is 9.26. The molecule has 0 aromatic carbocycles. The quantitative estimate of drug-likeness (QED) is 0.312. The predicted octanol–water partition coefficient (Wildman–Crippen LogP) is -3.49. The Morgan fingerprint density at radius 2 is 0.714 bits per heavy atom. The zero-order chi connectivity index (χ0) is 23.1. The van der Waals surface area contributed by atoms with Crippen LogP contribution in [0.2, 0.25) is 0 Å². The van der Waals surface area contributed by atoms with Crippen molar-refractivity contribution in [1.29, 1.82) is 0 Å². The van der Waals surface area contributed by atoms with Crippen LogP contribution in [-0.4, -0.2) is 37.0 Å². The van der Waals surface area contributed by atoms with Crippen LogP contribution >= 0.6 is 0 Å². The molecule has 0 saturated heterocycles. The molecule has 0 aromatic heterocycles. The Hall–Kier alpha value is -1.51. The summed E-state index contributed by atoms with van der Waals surface area (Å²) in [5.74, 6) is -3.98. The van der Waals surface area contributed by atoms with Gasteiger partial charge in [-0.05, 0) is 44.2 Å². The van der Waals surface area contributed by atoms with Gasteiger partial charge in [-0.15, -0.1) is 0 Å². The van der Waals surface area contributed by atoms with Gasteiger partial charge in [-0.3, -0.25) is 0 Å². The van der Waals surface area contributed by atoms with Crippen molar-refractivity contribution in [2.24, 2.45) is 16.9 Å². The maximum atomic E-state index is 9.26. The summed E-state index contributed by atoms with van der Waals surface area (Å²) in [7, 11) is 0. The van der Waals surface area contributed by atoms with Crippen LogP contribution in [0.3, 0.4) is 0 Å². The number of aliphatic carboxylic acids is 4. The minimum absolute atomic E-state index is 0. The van der Waals surface area contributed by atoms with Crippen molar-refractivity contribution in [3.63, 3.8) is 0 Å². The van der Waals surface area contributed by atoms with E-state index in [1.54, 1.807) is 0 Å². The minimum atomic E-state index is -0.995. The van der Waals surface area contributed by atoms with Gasteiger partial charge in [0.25, 0.3) is 0 Å². The van der Waals surface area contributed by atoms with Crippen LogP contribution in [0.1, 0.15) is 67.2 Å². The largest absolute Gasteiger partial charge is 4.00 e. The molecule has 4 N–H and O–H groups in total. The summed E-state index contributed by atoms with van der Waals surface area (Å²) in [5, 5.41) is 37.0. The van der Waals surface area contributed by atoms with Gasteiger partial charge in [-0.25, -0.2) is 0 Å². The Balaban J connectivity index is -0.0000000540. The zero-order valence-electron chi connectivity index (χ0n) is 17.5. The first-order chi connectivity index (χ1) is 12.2. The van der Waals surface area contributed by atoms with Gasteiger partial charge in [0.2, 0.25) is 0 Å². The van der Waals surface area contributed by atoms with Crippen LogP contribution in [0.4, 0.5) is 0 Å². The van der Waals surface area contributed by atoms with Crippen molar-refractivity contribution >= 4 is 23.9 Å².